The number of aromatic nitrogens is 1. The molecule has 2 atom stereocenters. The molecule has 0 amide bonds. The van der Waals surface area contributed by atoms with Gasteiger partial charge in [-0.15, -0.1) is 0 Å². The van der Waals surface area contributed by atoms with Crippen molar-refractivity contribution in [1.29, 1.82) is 0 Å². The van der Waals surface area contributed by atoms with Crippen molar-refractivity contribution >= 4 is 23.3 Å². The average Bonchev–Trinajstić information content (AvgIpc) is 3.52. The molecule has 5 rings (SSSR count). The molecule has 8 nitrogen and oxygen atoms in total. The zero-order valence-electron chi connectivity index (χ0n) is 19.6. The van der Waals surface area contributed by atoms with Crippen LogP contribution in [-0.2, 0) is 9.47 Å². The molecule has 0 saturated carbocycles. The third-order valence-electron chi connectivity index (χ3n) is 6.45. The number of nitrogens with zero attached hydrogens (tertiary/aromatic N) is 3. The second kappa shape index (κ2) is 10.6. The molecule has 2 aliphatic rings. The van der Waals surface area contributed by atoms with E-state index in [-0.39, 0.29) is 18.1 Å². The molecular weight excluding hydrogens is 464 g/mol. The SMILES string of the molecule is COC(=O)c1cccc(-c2ccc([C@@H]3[C@@H](c4ccccn4)NC(=S)N3CCN3CCOCC3)o2)c1. The first-order valence-corrected chi connectivity index (χ1v) is 12.1. The number of carbonyl (C=O) groups is 1. The lowest BCUT2D eigenvalue weighted by Crippen LogP contribution is -2.42. The number of carbonyl (C=O) groups excluding carboxylic acids is 1. The van der Waals surface area contributed by atoms with Gasteiger partial charge in [-0.05, 0) is 48.6 Å². The molecule has 0 unspecified atom stereocenters. The van der Waals surface area contributed by atoms with Gasteiger partial charge in [0.2, 0.25) is 0 Å². The van der Waals surface area contributed by atoms with Crippen LogP contribution in [0.2, 0.25) is 0 Å². The van der Waals surface area contributed by atoms with Crippen LogP contribution in [0.5, 0.6) is 0 Å². The third-order valence-corrected chi connectivity index (χ3v) is 6.80. The summed E-state index contributed by atoms with van der Waals surface area (Å²) in [5.41, 5.74) is 2.19. The zero-order valence-corrected chi connectivity index (χ0v) is 20.4. The number of nitrogens with one attached hydrogen (secondary N) is 1. The number of ether oxygens (including phenoxy) is 2. The van der Waals surface area contributed by atoms with Crippen molar-refractivity contribution in [3.63, 3.8) is 0 Å². The highest BCUT2D eigenvalue weighted by Gasteiger charge is 2.41. The van der Waals surface area contributed by atoms with Crippen LogP contribution >= 0.6 is 12.2 Å². The highest BCUT2D eigenvalue weighted by atomic mass is 32.1. The lowest BCUT2D eigenvalue weighted by molar-refractivity contribution is 0.0347. The molecule has 2 saturated heterocycles. The van der Waals surface area contributed by atoms with E-state index in [1.165, 1.54) is 7.11 Å². The smallest absolute Gasteiger partial charge is 0.337 e. The predicted molar refractivity (Wildman–Crippen MR) is 135 cm³/mol. The largest absolute Gasteiger partial charge is 0.465 e. The monoisotopic (exact) mass is 492 g/mol. The van der Waals surface area contributed by atoms with Crippen LogP contribution in [0.1, 0.15) is 33.9 Å². The number of furan rings is 1. The molecule has 3 aromatic rings. The van der Waals surface area contributed by atoms with Crippen LogP contribution < -0.4 is 5.32 Å². The van der Waals surface area contributed by atoms with Gasteiger partial charge in [-0.25, -0.2) is 4.79 Å². The van der Waals surface area contributed by atoms with Gasteiger partial charge in [-0.2, -0.15) is 0 Å². The van der Waals surface area contributed by atoms with Crippen LogP contribution in [0.4, 0.5) is 0 Å². The van der Waals surface area contributed by atoms with Crippen molar-refractivity contribution in [2.24, 2.45) is 0 Å². The molecule has 0 radical (unpaired) electrons. The lowest BCUT2D eigenvalue weighted by atomic mass is 10.0. The van der Waals surface area contributed by atoms with E-state index >= 15 is 0 Å². The van der Waals surface area contributed by atoms with Gasteiger partial charge in [0.25, 0.3) is 0 Å². The molecule has 9 heteroatoms. The number of thiocarbonyl (C=S) groups is 1. The van der Waals surface area contributed by atoms with Gasteiger partial charge < -0.3 is 24.1 Å². The number of hydrogen-bond acceptors (Lipinski definition) is 7. The molecule has 2 aliphatic heterocycles. The highest BCUT2D eigenvalue weighted by molar-refractivity contribution is 7.80. The maximum Gasteiger partial charge on any atom is 0.337 e. The lowest BCUT2D eigenvalue weighted by Gasteiger charge is -2.31. The molecule has 35 heavy (non-hydrogen) atoms. The molecule has 4 heterocycles. The van der Waals surface area contributed by atoms with E-state index in [0.29, 0.717) is 16.4 Å². The summed E-state index contributed by atoms with van der Waals surface area (Å²) < 4.78 is 16.7. The van der Waals surface area contributed by atoms with Crippen molar-refractivity contribution < 1.29 is 18.7 Å². The summed E-state index contributed by atoms with van der Waals surface area (Å²) in [7, 11) is 1.37. The Morgan fingerprint density at radius 3 is 2.77 bits per heavy atom. The maximum absolute atomic E-state index is 12.0. The quantitative estimate of drug-likeness (QED) is 0.394. The molecule has 1 aromatic carbocycles. The van der Waals surface area contributed by atoms with Crippen LogP contribution in [0.25, 0.3) is 11.3 Å². The summed E-state index contributed by atoms with van der Waals surface area (Å²) in [4.78, 5) is 21.2. The van der Waals surface area contributed by atoms with Crippen molar-refractivity contribution in [3.8, 4) is 11.3 Å². The number of benzene rings is 1. The topological polar surface area (TPSA) is 80.1 Å². The molecule has 0 spiro atoms. The number of methoxy groups -OCH3 is 1. The number of hydrogen-bond donors (Lipinski definition) is 1. The summed E-state index contributed by atoms with van der Waals surface area (Å²) in [6.45, 7) is 5.00. The maximum atomic E-state index is 12.0. The Kier molecular flexibility index (Phi) is 7.08. The van der Waals surface area contributed by atoms with Gasteiger partial charge in [-0.3, -0.25) is 9.88 Å². The third kappa shape index (κ3) is 5.07. The van der Waals surface area contributed by atoms with Gasteiger partial charge in [0.15, 0.2) is 5.11 Å². The summed E-state index contributed by atoms with van der Waals surface area (Å²) in [6.07, 6.45) is 1.79. The van der Waals surface area contributed by atoms with E-state index in [1.54, 1.807) is 18.3 Å². The Bertz CT molecular complexity index is 1180. The summed E-state index contributed by atoms with van der Waals surface area (Å²) in [5, 5.41) is 4.15. The fraction of sp³-hybridized carbons (Fsp3) is 0.346. The first kappa shape index (κ1) is 23.5. The average molecular weight is 493 g/mol. The summed E-state index contributed by atoms with van der Waals surface area (Å²) in [6, 6.07) is 16.7. The van der Waals surface area contributed by atoms with Crippen molar-refractivity contribution in [3.05, 3.63) is 77.8 Å². The van der Waals surface area contributed by atoms with Crippen LogP contribution in [0.3, 0.4) is 0 Å². The number of morpholine rings is 1. The first-order chi connectivity index (χ1) is 17.1. The highest BCUT2D eigenvalue weighted by Crippen LogP contribution is 2.40. The van der Waals surface area contributed by atoms with Gasteiger partial charge in [0, 0.05) is 37.9 Å². The molecule has 0 aliphatic carbocycles. The minimum absolute atomic E-state index is 0.145. The summed E-state index contributed by atoms with van der Waals surface area (Å²) in [5.74, 6) is 1.08. The minimum Gasteiger partial charge on any atom is -0.465 e. The normalized spacial score (nSPS) is 20.6. The molecule has 2 fully saturated rings. The van der Waals surface area contributed by atoms with E-state index in [4.69, 9.17) is 26.1 Å². The minimum atomic E-state index is -0.381. The molecule has 2 aromatic heterocycles. The first-order valence-electron chi connectivity index (χ1n) is 11.7. The molecule has 0 bridgehead atoms. The van der Waals surface area contributed by atoms with E-state index in [1.807, 2.05) is 42.5 Å². The van der Waals surface area contributed by atoms with Gasteiger partial charge in [0.05, 0.1) is 37.6 Å². The van der Waals surface area contributed by atoms with E-state index in [2.05, 4.69) is 20.1 Å². The Morgan fingerprint density at radius 1 is 1.14 bits per heavy atom. The zero-order chi connectivity index (χ0) is 24.2. The van der Waals surface area contributed by atoms with Crippen LogP contribution in [-0.4, -0.2) is 72.4 Å². The second-order valence-electron chi connectivity index (χ2n) is 8.55. The predicted octanol–water partition coefficient (Wildman–Crippen LogP) is 3.43. The van der Waals surface area contributed by atoms with E-state index < -0.39 is 0 Å². The number of pyridine rings is 1. The summed E-state index contributed by atoms with van der Waals surface area (Å²) >= 11 is 5.77. The van der Waals surface area contributed by atoms with E-state index in [9.17, 15) is 4.79 Å². The van der Waals surface area contributed by atoms with Gasteiger partial charge in [-0.1, -0.05) is 18.2 Å². The molecule has 182 valence electrons. The Balaban J connectivity index is 1.44. The Morgan fingerprint density at radius 2 is 2.00 bits per heavy atom. The number of rotatable bonds is 7. The van der Waals surface area contributed by atoms with Gasteiger partial charge in [0.1, 0.15) is 17.6 Å². The Hall–Kier alpha value is -3.27. The van der Waals surface area contributed by atoms with Gasteiger partial charge >= 0.3 is 5.97 Å². The fourth-order valence-electron chi connectivity index (χ4n) is 4.61. The van der Waals surface area contributed by atoms with Crippen molar-refractivity contribution in [2.75, 3.05) is 46.5 Å². The van der Waals surface area contributed by atoms with Crippen molar-refractivity contribution in [2.45, 2.75) is 12.1 Å². The molecular formula is C26H28N4O4S. The Labute approximate surface area is 209 Å². The number of esters is 1. The molecule has 1 N–H and O–H groups in total. The van der Waals surface area contributed by atoms with Crippen LogP contribution in [0.15, 0.2) is 65.2 Å². The standard InChI is InChI=1S/C26H28N4O4S/c1-32-25(31)19-6-4-5-18(17-19)21-8-9-22(34-21)24-23(20-7-2-3-10-27-20)28-26(35)30(24)12-11-29-13-15-33-16-14-29/h2-10,17,23-24H,11-16H2,1H3,(H,28,35)/t23-,24-/m1/s1. The second-order valence-corrected chi connectivity index (χ2v) is 8.94. The van der Waals surface area contributed by atoms with E-state index in [0.717, 1.165) is 56.4 Å². The van der Waals surface area contributed by atoms with Crippen LogP contribution in [0, 0.1) is 0 Å². The fourth-order valence-corrected chi connectivity index (χ4v) is 4.95. The van der Waals surface area contributed by atoms with Crippen molar-refractivity contribution in [1.82, 2.24) is 20.1 Å².